The number of nitrogens with one attached hydrogen (secondary N) is 1. The van der Waals surface area contributed by atoms with E-state index in [9.17, 15) is 0 Å². The van der Waals surface area contributed by atoms with Gasteiger partial charge in [0, 0.05) is 11.3 Å². The quantitative estimate of drug-likeness (QED) is 0.683. The average Bonchev–Trinajstić information content (AvgIpc) is 2.19. The van der Waals surface area contributed by atoms with Gasteiger partial charge >= 0.3 is 0 Å². The van der Waals surface area contributed by atoms with Crippen molar-refractivity contribution in [2.45, 2.75) is 0 Å². The fraction of sp³-hybridized carbons (Fsp3) is 0.100. The van der Waals surface area contributed by atoms with Gasteiger partial charge in [-0.3, -0.25) is 0 Å². The Morgan fingerprint density at radius 2 is 2.15 bits per heavy atom. The fourth-order valence-electron chi connectivity index (χ4n) is 1.34. The van der Waals surface area contributed by atoms with Gasteiger partial charge in [0.15, 0.2) is 0 Å². The lowest BCUT2D eigenvalue weighted by Crippen LogP contribution is -2.11. The Morgan fingerprint density at radius 3 is 2.92 bits per heavy atom. The number of nitriles is 1. The maximum Gasteiger partial charge on any atom is 0.0982 e. The molecule has 0 bridgehead atoms. The smallest absolute Gasteiger partial charge is 0.0982 e. The van der Waals surface area contributed by atoms with E-state index in [4.69, 9.17) is 16.9 Å². The van der Waals surface area contributed by atoms with Gasteiger partial charge in [-0.05, 0) is 6.07 Å². The summed E-state index contributed by atoms with van der Waals surface area (Å²) in [7, 11) is 0. The third-order valence-electron chi connectivity index (χ3n) is 2.02. The van der Waals surface area contributed by atoms with Crippen LogP contribution < -0.4 is 5.32 Å². The molecule has 1 aromatic rings. The highest BCUT2D eigenvalue weighted by Crippen LogP contribution is 2.32. The van der Waals surface area contributed by atoms with Crippen LogP contribution in [-0.4, -0.2) is 6.54 Å². The van der Waals surface area contributed by atoms with Gasteiger partial charge in [-0.25, -0.2) is 0 Å². The van der Waals surface area contributed by atoms with E-state index in [0.717, 1.165) is 11.3 Å². The Hall–Kier alpha value is -1.46. The van der Waals surface area contributed by atoms with E-state index < -0.39 is 0 Å². The van der Waals surface area contributed by atoms with Gasteiger partial charge < -0.3 is 5.32 Å². The van der Waals surface area contributed by atoms with E-state index in [1.54, 1.807) is 0 Å². The normalized spacial score (nSPS) is 14.5. The minimum atomic E-state index is 0.520. The monoisotopic (exact) mass is 190 g/mol. The van der Waals surface area contributed by atoms with E-state index in [-0.39, 0.29) is 0 Å². The first-order valence-electron chi connectivity index (χ1n) is 3.95. The van der Waals surface area contributed by atoms with Gasteiger partial charge in [0.25, 0.3) is 0 Å². The van der Waals surface area contributed by atoms with E-state index in [1.165, 1.54) is 0 Å². The van der Waals surface area contributed by atoms with Crippen molar-refractivity contribution in [1.29, 1.82) is 5.26 Å². The Morgan fingerprint density at radius 1 is 1.38 bits per heavy atom. The fourth-order valence-corrected chi connectivity index (χ4v) is 1.61. The molecule has 1 aliphatic heterocycles. The molecule has 0 atom stereocenters. The van der Waals surface area contributed by atoms with E-state index in [2.05, 4.69) is 11.4 Å². The summed E-state index contributed by atoms with van der Waals surface area (Å²) in [6.07, 6.45) is 0. The number of halogens is 1. The summed E-state index contributed by atoms with van der Waals surface area (Å²) in [5, 5.41) is 12.5. The molecule has 1 aliphatic rings. The number of nitrogens with zero attached hydrogens (tertiary/aromatic N) is 1. The van der Waals surface area contributed by atoms with Crippen LogP contribution in [0.15, 0.2) is 29.8 Å². The van der Waals surface area contributed by atoms with Gasteiger partial charge in [-0.2, -0.15) is 5.26 Å². The van der Waals surface area contributed by atoms with Crippen molar-refractivity contribution in [3.63, 3.8) is 0 Å². The highest BCUT2D eigenvalue weighted by Gasteiger charge is 2.15. The zero-order chi connectivity index (χ0) is 9.26. The summed E-state index contributed by atoms with van der Waals surface area (Å²) in [6.45, 7) is 0.520. The SMILES string of the molecule is N#CC1=C(Cl)c2ccccc2NC1. The molecule has 1 N–H and O–H groups in total. The topological polar surface area (TPSA) is 35.8 Å². The van der Waals surface area contributed by atoms with E-state index in [0.29, 0.717) is 17.2 Å². The minimum Gasteiger partial charge on any atom is -0.380 e. The summed E-state index contributed by atoms with van der Waals surface area (Å²) < 4.78 is 0. The van der Waals surface area contributed by atoms with Crippen molar-refractivity contribution in [3.8, 4) is 6.07 Å². The third-order valence-corrected chi connectivity index (χ3v) is 2.45. The molecule has 0 aliphatic carbocycles. The first-order valence-corrected chi connectivity index (χ1v) is 4.33. The predicted octanol–water partition coefficient (Wildman–Crippen LogP) is 2.59. The largest absolute Gasteiger partial charge is 0.380 e. The Balaban J connectivity index is 2.60. The number of anilines is 1. The highest BCUT2D eigenvalue weighted by molar-refractivity contribution is 6.50. The second-order valence-electron chi connectivity index (χ2n) is 2.80. The number of para-hydroxylation sites is 1. The molecular formula is C10H7ClN2. The van der Waals surface area contributed by atoms with Crippen LogP contribution in [0, 0.1) is 11.3 Å². The van der Waals surface area contributed by atoms with Crippen LogP contribution >= 0.6 is 11.6 Å². The zero-order valence-corrected chi connectivity index (χ0v) is 7.60. The number of benzene rings is 1. The summed E-state index contributed by atoms with van der Waals surface area (Å²) in [5.74, 6) is 0. The van der Waals surface area contributed by atoms with Crippen LogP contribution in [0.25, 0.3) is 5.03 Å². The van der Waals surface area contributed by atoms with Crippen molar-refractivity contribution in [2.75, 3.05) is 11.9 Å². The number of fused-ring (bicyclic) bond motifs is 1. The first kappa shape index (κ1) is 8.15. The predicted molar refractivity (Wildman–Crippen MR) is 53.3 cm³/mol. The van der Waals surface area contributed by atoms with E-state index in [1.807, 2.05) is 24.3 Å². The molecule has 0 radical (unpaired) electrons. The summed E-state index contributed by atoms with van der Waals surface area (Å²) >= 11 is 6.03. The van der Waals surface area contributed by atoms with Crippen LogP contribution in [0.5, 0.6) is 0 Å². The van der Waals surface area contributed by atoms with Crippen LogP contribution in [0.2, 0.25) is 0 Å². The van der Waals surface area contributed by atoms with Crippen molar-refractivity contribution in [1.82, 2.24) is 0 Å². The second kappa shape index (κ2) is 3.12. The van der Waals surface area contributed by atoms with Gasteiger partial charge in [-0.15, -0.1) is 0 Å². The van der Waals surface area contributed by atoms with Crippen molar-refractivity contribution in [3.05, 3.63) is 35.4 Å². The lowest BCUT2D eigenvalue weighted by atomic mass is 10.1. The molecule has 0 amide bonds. The maximum absolute atomic E-state index is 8.75. The Labute approximate surface area is 81.4 Å². The lowest BCUT2D eigenvalue weighted by Gasteiger charge is -2.17. The van der Waals surface area contributed by atoms with Gasteiger partial charge in [0.1, 0.15) is 0 Å². The lowest BCUT2D eigenvalue weighted by molar-refractivity contribution is 1.24. The average molecular weight is 191 g/mol. The summed E-state index contributed by atoms with van der Waals surface area (Å²) in [5.41, 5.74) is 2.50. The Kier molecular flexibility index (Phi) is 1.96. The van der Waals surface area contributed by atoms with Crippen LogP contribution in [0.4, 0.5) is 5.69 Å². The van der Waals surface area contributed by atoms with Gasteiger partial charge in [0.2, 0.25) is 0 Å². The van der Waals surface area contributed by atoms with Crippen molar-refractivity contribution < 1.29 is 0 Å². The highest BCUT2D eigenvalue weighted by atomic mass is 35.5. The van der Waals surface area contributed by atoms with Crippen LogP contribution in [0.1, 0.15) is 5.56 Å². The van der Waals surface area contributed by atoms with Gasteiger partial charge in [0.05, 0.1) is 23.2 Å². The number of rotatable bonds is 0. The third kappa shape index (κ3) is 1.28. The summed E-state index contributed by atoms with van der Waals surface area (Å²) in [6, 6.07) is 9.78. The van der Waals surface area contributed by atoms with Crippen molar-refractivity contribution >= 4 is 22.3 Å². The minimum absolute atomic E-state index is 0.520. The van der Waals surface area contributed by atoms with Crippen LogP contribution in [-0.2, 0) is 0 Å². The maximum atomic E-state index is 8.75. The molecule has 64 valence electrons. The molecular weight excluding hydrogens is 184 g/mol. The number of hydrogen-bond donors (Lipinski definition) is 1. The molecule has 2 rings (SSSR count). The molecule has 2 nitrogen and oxygen atoms in total. The Bertz CT molecular complexity index is 415. The molecule has 0 unspecified atom stereocenters. The summed E-state index contributed by atoms with van der Waals surface area (Å²) in [4.78, 5) is 0. The second-order valence-corrected chi connectivity index (χ2v) is 3.18. The molecule has 0 saturated carbocycles. The molecule has 1 aromatic carbocycles. The number of hydrogen-bond acceptors (Lipinski definition) is 2. The molecule has 13 heavy (non-hydrogen) atoms. The molecule has 1 heterocycles. The molecule has 0 fully saturated rings. The molecule has 3 heteroatoms. The molecule has 0 spiro atoms. The van der Waals surface area contributed by atoms with Crippen molar-refractivity contribution in [2.24, 2.45) is 0 Å². The molecule has 0 aromatic heterocycles. The zero-order valence-electron chi connectivity index (χ0n) is 6.84. The van der Waals surface area contributed by atoms with E-state index >= 15 is 0 Å². The molecule has 0 saturated heterocycles. The standard InChI is InChI=1S/C10H7ClN2/c11-10-7(5-12)6-13-9-4-2-1-3-8(9)10/h1-4,13H,6H2. The van der Waals surface area contributed by atoms with Crippen LogP contribution in [0.3, 0.4) is 0 Å². The first-order chi connectivity index (χ1) is 6.33. The van der Waals surface area contributed by atoms with Gasteiger partial charge in [-0.1, -0.05) is 29.8 Å².